The van der Waals surface area contributed by atoms with E-state index in [4.69, 9.17) is 9.84 Å². The molecule has 0 radical (unpaired) electrons. The Morgan fingerprint density at radius 1 is 1.46 bits per heavy atom. The zero-order valence-corrected chi connectivity index (χ0v) is 7.38. The van der Waals surface area contributed by atoms with Crippen molar-refractivity contribution in [3.8, 4) is 0 Å². The third kappa shape index (κ3) is 2.05. The molecule has 2 unspecified atom stereocenters. The molecule has 5 nitrogen and oxygen atoms in total. The molecule has 3 N–H and O–H groups in total. The monoisotopic (exact) mass is 190 g/mol. The van der Waals surface area contributed by atoms with Crippen molar-refractivity contribution in [3.05, 3.63) is 0 Å². The highest BCUT2D eigenvalue weighted by Gasteiger charge is 2.40. The van der Waals surface area contributed by atoms with Gasteiger partial charge in [-0.05, 0) is 6.92 Å². The van der Waals surface area contributed by atoms with Crippen molar-refractivity contribution in [2.75, 3.05) is 6.61 Å². The van der Waals surface area contributed by atoms with Crippen LogP contribution in [0.1, 0.15) is 13.3 Å². The van der Waals surface area contributed by atoms with Gasteiger partial charge in [-0.15, -0.1) is 0 Å². The number of hydrogen-bond acceptors (Lipinski definition) is 5. The van der Waals surface area contributed by atoms with Gasteiger partial charge in [-0.2, -0.15) is 0 Å². The molecule has 0 aromatic heterocycles. The Balaban J connectivity index is 2.65. The predicted molar refractivity (Wildman–Crippen MR) is 43.1 cm³/mol. The maximum atomic E-state index is 11.2. The van der Waals surface area contributed by atoms with Crippen LogP contribution in [0.2, 0.25) is 0 Å². The average Bonchev–Trinajstić information content (AvgIpc) is 2.11. The van der Waals surface area contributed by atoms with E-state index in [0.29, 0.717) is 0 Å². The molecule has 1 aliphatic rings. The molecule has 1 aliphatic heterocycles. The van der Waals surface area contributed by atoms with Gasteiger partial charge in [-0.3, -0.25) is 4.79 Å². The molecule has 1 fully saturated rings. The van der Waals surface area contributed by atoms with Gasteiger partial charge in [0.1, 0.15) is 18.3 Å². The second-order valence-electron chi connectivity index (χ2n) is 3.18. The van der Waals surface area contributed by atoms with E-state index < -0.39 is 30.2 Å². The van der Waals surface area contributed by atoms with Gasteiger partial charge < -0.3 is 20.1 Å². The molecule has 1 saturated heterocycles. The van der Waals surface area contributed by atoms with Crippen molar-refractivity contribution in [2.24, 2.45) is 0 Å². The van der Waals surface area contributed by atoms with E-state index in [-0.39, 0.29) is 13.0 Å². The lowest BCUT2D eigenvalue weighted by Gasteiger charge is -2.33. The van der Waals surface area contributed by atoms with Crippen molar-refractivity contribution in [1.82, 2.24) is 0 Å². The Labute approximate surface area is 75.9 Å². The molecule has 0 aromatic rings. The van der Waals surface area contributed by atoms with E-state index >= 15 is 0 Å². The third-order valence-corrected chi connectivity index (χ3v) is 2.18. The van der Waals surface area contributed by atoms with Gasteiger partial charge in [0.2, 0.25) is 0 Å². The van der Waals surface area contributed by atoms with Crippen LogP contribution in [-0.2, 0) is 9.53 Å². The SMILES string of the molecule is CC1O[C@@H](CCO)C(=O)C(O)[C@@H]1O. The highest BCUT2D eigenvalue weighted by Crippen LogP contribution is 2.18. The number of Topliss-reactive ketones (excluding diaryl/α,β-unsaturated/α-hetero) is 1. The van der Waals surface area contributed by atoms with E-state index in [1.165, 1.54) is 0 Å². The molecular formula is C8H14O5. The summed E-state index contributed by atoms with van der Waals surface area (Å²) in [5.74, 6) is -0.556. The lowest BCUT2D eigenvalue weighted by atomic mass is 9.96. The van der Waals surface area contributed by atoms with Crippen LogP contribution >= 0.6 is 0 Å². The molecule has 0 bridgehead atoms. The number of carbonyl (C=O) groups is 1. The number of rotatable bonds is 2. The van der Waals surface area contributed by atoms with E-state index in [9.17, 15) is 15.0 Å². The van der Waals surface area contributed by atoms with Crippen LogP contribution in [0.3, 0.4) is 0 Å². The van der Waals surface area contributed by atoms with Crippen molar-refractivity contribution >= 4 is 5.78 Å². The molecule has 0 aromatic carbocycles. The molecule has 0 spiro atoms. The second-order valence-corrected chi connectivity index (χ2v) is 3.18. The van der Waals surface area contributed by atoms with E-state index in [0.717, 1.165) is 0 Å². The average molecular weight is 190 g/mol. The van der Waals surface area contributed by atoms with Gasteiger partial charge in [0.05, 0.1) is 6.10 Å². The normalized spacial score (nSPS) is 40.8. The smallest absolute Gasteiger partial charge is 0.192 e. The Hall–Kier alpha value is -0.490. The topological polar surface area (TPSA) is 87.0 Å². The van der Waals surface area contributed by atoms with Gasteiger partial charge in [0.15, 0.2) is 5.78 Å². The molecule has 0 saturated carbocycles. The maximum absolute atomic E-state index is 11.2. The van der Waals surface area contributed by atoms with Crippen LogP contribution in [0.15, 0.2) is 0 Å². The van der Waals surface area contributed by atoms with Crippen molar-refractivity contribution < 1.29 is 24.9 Å². The van der Waals surface area contributed by atoms with Gasteiger partial charge in [-0.1, -0.05) is 0 Å². The van der Waals surface area contributed by atoms with Crippen LogP contribution in [0.25, 0.3) is 0 Å². The number of ketones is 1. The number of carbonyl (C=O) groups excluding carboxylic acids is 1. The fourth-order valence-corrected chi connectivity index (χ4v) is 1.35. The molecule has 0 aliphatic carbocycles. The molecule has 1 rings (SSSR count). The summed E-state index contributed by atoms with van der Waals surface area (Å²) in [5.41, 5.74) is 0. The number of aliphatic hydroxyl groups is 3. The summed E-state index contributed by atoms with van der Waals surface area (Å²) in [6.07, 6.45) is -3.77. The Morgan fingerprint density at radius 3 is 2.62 bits per heavy atom. The van der Waals surface area contributed by atoms with Gasteiger partial charge in [0, 0.05) is 13.0 Å². The standard InChI is InChI=1S/C8H14O5/c1-4-6(10)8(12)7(11)5(13-4)2-3-9/h4-6,8-10,12H,2-3H2,1H3/t4?,5-,6+,8?/m0/s1. The first-order valence-electron chi connectivity index (χ1n) is 4.24. The van der Waals surface area contributed by atoms with E-state index in [2.05, 4.69) is 0 Å². The first-order chi connectivity index (χ1) is 6.07. The van der Waals surface area contributed by atoms with E-state index in [1.807, 2.05) is 0 Å². The van der Waals surface area contributed by atoms with Crippen LogP contribution in [0.5, 0.6) is 0 Å². The molecule has 76 valence electrons. The van der Waals surface area contributed by atoms with Crippen LogP contribution < -0.4 is 0 Å². The quantitative estimate of drug-likeness (QED) is 0.490. The lowest BCUT2D eigenvalue weighted by Crippen LogP contribution is -2.54. The number of hydrogen-bond donors (Lipinski definition) is 3. The Kier molecular flexibility index (Phi) is 3.38. The fraction of sp³-hybridized carbons (Fsp3) is 0.875. The van der Waals surface area contributed by atoms with Crippen LogP contribution in [-0.4, -0.2) is 52.1 Å². The minimum atomic E-state index is -1.39. The third-order valence-electron chi connectivity index (χ3n) is 2.18. The molecule has 1 heterocycles. The van der Waals surface area contributed by atoms with Crippen molar-refractivity contribution in [1.29, 1.82) is 0 Å². The summed E-state index contributed by atoms with van der Waals surface area (Å²) < 4.78 is 5.10. The fourth-order valence-electron chi connectivity index (χ4n) is 1.35. The summed E-state index contributed by atoms with van der Waals surface area (Å²) >= 11 is 0. The Bertz CT molecular complexity index is 193. The molecule has 13 heavy (non-hydrogen) atoms. The van der Waals surface area contributed by atoms with E-state index in [1.54, 1.807) is 6.92 Å². The zero-order valence-electron chi connectivity index (χ0n) is 7.38. The lowest BCUT2D eigenvalue weighted by molar-refractivity contribution is -0.180. The molecule has 4 atom stereocenters. The summed E-state index contributed by atoms with van der Waals surface area (Å²) in [4.78, 5) is 11.2. The first kappa shape index (κ1) is 10.6. The van der Waals surface area contributed by atoms with Crippen LogP contribution in [0.4, 0.5) is 0 Å². The largest absolute Gasteiger partial charge is 0.396 e. The zero-order chi connectivity index (χ0) is 10.0. The van der Waals surface area contributed by atoms with Crippen molar-refractivity contribution in [2.45, 2.75) is 37.8 Å². The van der Waals surface area contributed by atoms with Gasteiger partial charge in [-0.25, -0.2) is 0 Å². The molecule has 5 heteroatoms. The van der Waals surface area contributed by atoms with Crippen LogP contribution in [0, 0.1) is 0 Å². The number of aliphatic hydroxyl groups excluding tert-OH is 3. The molecule has 0 amide bonds. The molecular weight excluding hydrogens is 176 g/mol. The minimum Gasteiger partial charge on any atom is -0.396 e. The highest BCUT2D eigenvalue weighted by molar-refractivity contribution is 5.88. The second kappa shape index (κ2) is 4.15. The maximum Gasteiger partial charge on any atom is 0.192 e. The summed E-state index contributed by atoms with van der Waals surface area (Å²) in [7, 11) is 0. The highest BCUT2D eigenvalue weighted by atomic mass is 16.5. The summed E-state index contributed by atoms with van der Waals surface area (Å²) in [5, 5.41) is 27.1. The first-order valence-corrected chi connectivity index (χ1v) is 4.24. The summed E-state index contributed by atoms with van der Waals surface area (Å²) in [6.45, 7) is 1.40. The van der Waals surface area contributed by atoms with Gasteiger partial charge >= 0.3 is 0 Å². The Morgan fingerprint density at radius 2 is 2.08 bits per heavy atom. The van der Waals surface area contributed by atoms with Gasteiger partial charge in [0.25, 0.3) is 0 Å². The number of ether oxygens (including phenoxy) is 1. The summed E-state index contributed by atoms with van der Waals surface area (Å²) in [6, 6.07) is 0. The minimum absolute atomic E-state index is 0.160. The predicted octanol–water partition coefficient (Wildman–Crippen LogP) is -1.55. The van der Waals surface area contributed by atoms with Crippen molar-refractivity contribution in [3.63, 3.8) is 0 Å².